The third-order valence-corrected chi connectivity index (χ3v) is 5.07. The largest absolute Gasteiger partial charge is 0.324 e. The number of rotatable bonds is 5. The molecule has 4 nitrogen and oxygen atoms in total. The van der Waals surface area contributed by atoms with Gasteiger partial charge in [0.25, 0.3) is 0 Å². The molecule has 1 heterocycles. The molecule has 1 aliphatic rings. The summed E-state index contributed by atoms with van der Waals surface area (Å²) in [6.45, 7) is 8.32. The first-order valence-electron chi connectivity index (χ1n) is 9.33. The number of nitrogens with one attached hydrogen (secondary N) is 2. The van der Waals surface area contributed by atoms with Gasteiger partial charge >= 0.3 is 0 Å². The monoisotopic (exact) mass is 339 g/mol. The Hall–Kier alpha value is -1.91. The van der Waals surface area contributed by atoms with Gasteiger partial charge in [-0.1, -0.05) is 50.2 Å². The molecular weight excluding hydrogens is 310 g/mol. The van der Waals surface area contributed by atoms with Crippen LogP contribution in [-0.2, 0) is 4.79 Å². The van der Waals surface area contributed by atoms with Crippen molar-refractivity contribution in [3.05, 3.63) is 42.5 Å². The Kier molecular flexibility index (Phi) is 5.71. The Morgan fingerprint density at radius 1 is 1.04 bits per heavy atom. The normalized spacial score (nSPS) is 17.8. The molecule has 4 heteroatoms. The molecule has 0 saturated carbocycles. The van der Waals surface area contributed by atoms with Gasteiger partial charge in [-0.05, 0) is 31.2 Å². The fraction of sp³-hybridized carbons (Fsp3) is 0.476. The van der Waals surface area contributed by atoms with Gasteiger partial charge in [0, 0.05) is 36.2 Å². The van der Waals surface area contributed by atoms with Gasteiger partial charge in [-0.3, -0.25) is 9.69 Å². The molecule has 1 amide bonds. The van der Waals surface area contributed by atoms with Crippen molar-refractivity contribution in [1.82, 2.24) is 10.2 Å². The summed E-state index contributed by atoms with van der Waals surface area (Å²) in [5, 5.41) is 8.97. The standard InChI is InChI=1S/C21H29N3O/c1-15(2)22-18-11-13-24(14-12-18)16(3)21(25)23-20-10-6-8-17-7-4-5-9-19(17)20/h4-10,15-16,18,22H,11-14H2,1-3H3,(H,23,25)/t16-/m0/s1. The quantitative estimate of drug-likeness (QED) is 0.874. The van der Waals surface area contributed by atoms with Gasteiger partial charge in [0.1, 0.15) is 0 Å². The second kappa shape index (κ2) is 7.98. The lowest BCUT2D eigenvalue weighted by atomic mass is 10.0. The molecule has 0 radical (unpaired) electrons. The Labute approximate surface area is 150 Å². The molecule has 1 atom stereocenters. The van der Waals surface area contributed by atoms with Gasteiger partial charge in [0.2, 0.25) is 5.91 Å². The van der Waals surface area contributed by atoms with Crippen LogP contribution in [-0.4, -0.2) is 42.0 Å². The predicted molar refractivity (Wildman–Crippen MR) is 105 cm³/mol. The summed E-state index contributed by atoms with van der Waals surface area (Å²) < 4.78 is 0. The number of piperidine rings is 1. The first-order chi connectivity index (χ1) is 12.0. The third-order valence-electron chi connectivity index (χ3n) is 5.07. The number of hydrogen-bond donors (Lipinski definition) is 2. The molecule has 0 bridgehead atoms. The Balaban J connectivity index is 1.61. The molecule has 0 aliphatic carbocycles. The lowest BCUT2D eigenvalue weighted by molar-refractivity contribution is -0.121. The first kappa shape index (κ1) is 17.9. The van der Waals surface area contributed by atoms with Crippen LogP contribution in [0.1, 0.15) is 33.6 Å². The fourth-order valence-corrected chi connectivity index (χ4v) is 3.66. The molecule has 1 aliphatic heterocycles. The van der Waals surface area contributed by atoms with Gasteiger partial charge in [-0.25, -0.2) is 0 Å². The van der Waals surface area contributed by atoms with Crippen LogP contribution in [0.4, 0.5) is 5.69 Å². The number of benzene rings is 2. The molecule has 25 heavy (non-hydrogen) atoms. The molecule has 134 valence electrons. The van der Waals surface area contributed by atoms with Crippen molar-refractivity contribution in [2.24, 2.45) is 0 Å². The summed E-state index contributed by atoms with van der Waals surface area (Å²) in [5.74, 6) is 0.0756. The van der Waals surface area contributed by atoms with Crippen molar-refractivity contribution in [2.45, 2.75) is 51.7 Å². The molecule has 2 aromatic carbocycles. The maximum Gasteiger partial charge on any atom is 0.241 e. The van der Waals surface area contributed by atoms with Crippen LogP contribution in [0.5, 0.6) is 0 Å². The molecule has 0 spiro atoms. The minimum absolute atomic E-state index is 0.0756. The number of anilines is 1. The lowest BCUT2D eigenvalue weighted by Gasteiger charge is -2.36. The Bertz CT molecular complexity index is 715. The second-order valence-electron chi connectivity index (χ2n) is 7.32. The summed E-state index contributed by atoms with van der Waals surface area (Å²) in [4.78, 5) is 15.0. The van der Waals surface area contributed by atoms with E-state index in [-0.39, 0.29) is 11.9 Å². The van der Waals surface area contributed by atoms with Crippen molar-refractivity contribution in [2.75, 3.05) is 18.4 Å². The van der Waals surface area contributed by atoms with E-state index in [4.69, 9.17) is 0 Å². The summed E-state index contributed by atoms with van der Waals surface area (Å²) in [7, 11) is 0. The zero-order chi connectivity index (χ0) is 17.8. The Morgan fingerprint density at radius 2 is 1.72 bits per heavy atom. The number of fused-ring (bicyclic) bond motifs is 1. The number of likely N-dealkylation sites (tertiary alicyclic amines) is 1. The summed E-state index contributed by atoms with van der Waals surface area (Å²) in [5.41, 5.74) is 0.895. The molecule has 0 aromatic heterocycles. The zero-order valence-corrected chi connectivity index (χ0v) is 15.5. The van der Waals surface area contributed by atoms with Crippen molar-refractivity contribution in [3.8, 4) is 0 Å². The third kappa shape index (κ3) is 4.39. The van der Waals surface area contributed by atoms with E-state index in [1.807, 2.05) is 31.2 Å². The average molecular weight is 339 g/mol. The van der Waals surface area contributed by atoms with Crippen molar-refractivity contribution in [1.29, 1.82) is 0 Å². The molecule has 2 N–H and O–H groups in total. The number of hydrogen-bond acceptors (Lipinski definition) is 3. The highest BCUT2D eigenvalue weighted by atomic mass is 16.2. The van der Waals surface area contributed by atoms with E-state index in [9.17, 15) is 4.79 Å². The van der Waals surface area contributed by atoms with Crippen molar-refractivity contribution < 1.29 is 4.79 Å². The van der Waals surface area contributed by atoms with Crippen LogP contribution < -0.4 is 10.6 Å². The van der Waals surface area contributed by atoms with E-state index < -0.39 is 0 Å². The lowest BCUT2D eigenvalue weighted by Crippen LogP contribution is -2.50. The predicted octanol–water partition coefficient (Wildman–Crippen LogP) is 3.63. The molecular formula is C21H29N3O. The van der Waals surface area contributed by atoms with E-state index in [0.717, 1.165) is 42.4 Å². The van der Waals surface area contributed by atoms with Crippen LogP contribution in [0.2, 0.25) is 0 Å². The Morgan fingerprint density at radius 3 is 2.44 bits per heavy atom. The molecule has 0 unspecified atom stereocenters. The topological polar surface area (TPSA) is 44.4 Å². The number of nitrogens with zero attached hydrogens (tertiary/aromatic N) is 1. The van der Waals surface area contributed by atoms with Gasteiger partial charge < -0.3 is 10.6 Å². The molecule has 3 rings (SSSR count). The number of carbonyl (C=O) groups is 1. The average Bonchev–Trinajstić information content (AvgIpc) is 2.61. The van der Waals surface area contributed by atoms with Crippen LogP contribution in [0.3, 0.4) is 0 Å². The summed E-state index contributed by atoms with van der Waals surface area (Å²) in [6, 6.07) is 15.2. The minimum Gasteiger partial charge on any atom is -0.324 e. The van der Waals surface area contributed by atoms with E-state index in [1.54, 1.807) is 0 Å². The SMILES string of the molecule is CC(C)NC1CCN([C@@H](C)C(=O)Nc2cccc3ccccc23)CC1. The van der Waals surface area contributed by atoms with Crippen LogP contribution in [0, 0.1) is 0 Å². The van der Waals surface area contributed by atoms with E-state index in [2.05, 4.69) is 47.6 Å². The number of carbonyl (C=O) groups excluding carboxylic acids is 1. The second-order valence-corrected chi connectivity index (χ2v) is 7.32. The minimum atomic E-state index is -0.112. The molecule has 2 aromatic rings. The zero-order valence-electron chi connectivity index (χ0n) is 15.5. The fourth-order valence-electron chi connectivity index (χ4n) is 3.66. The van der Waals surface area contributed by atoms with Gasteiger partial charge in [-0.15, -0.1) is 0 Å². The number of amides is 1. The highest BCUT2D eigenvalue weighted by molar-refractivity contribution is 6.03. The van der Waals surface area contributed by atoms with Crippen LogP contribution in [0.25, 0.3) is 10.8 Å². The smallest absolute Gasteiger partial charge is 0.241 e. The van der Waals surface area contributed by atoms with Crippen LogP contribution >= 0.6 is 0 Å². The first-order valence-corrected chi connectivity index (χ1v) is 9.33. The highest BCUT2D eigenvalue weighted by Gasteiger charge is 2.26. The van der Waals surface area contributed by atoms with Gasteiger partial charge in [-0.2, -0.15) is 0 Å². The van der Waals surface area contributed by atoms with Gasteiger partial charge in [0.05, 0.1) is 6.04 Å². The highest BCUT2D eigenvalue weighted by Crippen LogP contribution is 2.23. The van der Waals surface area contributed by atoms with Gasteiger partial charge in [0.15, 0.2) is 0 Å². The molecule has 1 fully saturated rings. The summed E-state index contributed by atoms with van der Waals surface area (Å²) in [6.07, 6.45) is 2.20. The van der Waals surface area contributed by atoms with Crippen molar-refractivity contribution in [3.63, 3.8) is 0 Å². The summed E-state index contributed by atoms with van der Waals surface area (Å²) >= 11 is 0. The van der Waals surface area contributed by atoms with E-state index in [1.165, 1.54) is 0 Å². The van der Waals surface area contributed by atoms with Crippen LogP contribution in [0.15, 0.2) is 42.5 Å². The molecule has 1 saturated heterocycles. The van der Waals surface area contributed by atoms with E-state index in [0.29, 0.717) is 12.1 Å². The maximum atomic E-state index is 12.7. The van der Waals surface area contributed by atoms with Crippen molar-refractivity contribution >= 4 is 22.4 Å². The maximum absolute atomic E-state index is 12.7. The van der Waals surface area contributed by atoms with E-state index >= 15 is 0 Å².